The Morgan fingerprint density at radius 1 is 1.20 bits per heavy atom. The van der Waals surface area contributed by atoms with Gasteiger partial charge in [-0.2, -0.15) is 0 Å². The number of fused-ring (bicyclic) bond motifs is 2. The molecule has 1 unspecified atom stereocenters. The van der Waals surface area contributed by atoms with Gasteiger partial charge >= 0.3 is 0 Å². The van der Waals surface area contributed by atoms with Gasteiger partial charge in [0.05, 0.1) is 21.9 Å². The molecule has 2 heterocycles. The van der Waals surface area contributed by atoms with Crippen LogP contribution >= 0.6 is 15.9 Å². The molecule has 0 N–H and O–H groups in total. The first-order valence-corrected chi connectivity index (χ1v) is 10.0. The molecule has 3 aromatic rings. The van der Waals surface area contributed by atoms with E-state index in [0.717, 1.165) is 0 Å². The topological polar surface area (TPSA) is 96.9 Å². The van der Waals surface area contributed by atoms with E-state index >= 15 is 0 Å². The van der Waals surface area contributed by atoms with Gasteiger partial charge in [0.25, 0.3) is 11.6 Å². The Balaban J connectivity index is 1.96. The summed E-state index contributed by atoms with van der Waals surface area (Å²) in [5, 5.41) is 11.6. The molecule has 0 spiro atoms. The van der Waals surface area contributed by atoms with Gasteiger partial charge < -0.3 is 14.2 Å². The number of likely N-dealkylation sites (N-methyl/N-ethyl adjacent to an activating group) is 1. The van der Waals surface area contributed by atoms with E-state index in [-0.39, 0.29) is 22.4 Å². The molecule has 1 aliphatic rings. The highest BCUT2D eigenvalue weighted by Crippen LogP contribution is 2.39. The lowest BCUT2D eigenvalue weighted by molar-refractivity contribution is -0.384. The zero-order chi connectivity index (χ0) is 21.6. The maximum atomic E-state index is 13.4. The lowest BCUT2D eigenvalue weighted by Crippen LogP contribution is -2.35. The van der Waals surface area contributed by atoms with Crippen molar-refractivity contribution in [2.75, 3.05) is 27.2 Å². The number of hydrogen-bond acceptors (Lipinski definition) is 6. The predicted octanol–water partition coefficient (Wildman–Crippen LogP) is 3.57. The zero-order valence-corrected chi connectivity index (χ0v) is 17.9. The molecule has 0 saturated heterocycles. The first-order valence-electron chi connectivity index (χ1n) is 9.24. The van der Waals surface area contributed by atoms with E-state index in [1.54, 1.807) is 35.2 Å². The molecule has 8 nitrogen and oxygen atoms in total. The molecule has 9 heteroatoms. The van der Waals surface area contributed by atoms with Crippen molar-refractivity contribution in [3.05, 3.63) is 84.2 Å². The normalized spacial score (nSPS) is 15.8. The number of halogens is 1. The molecule has 4 rings (SSSR count). The SMILES string of the molecule is CN(C)CCN1C(=O)c2oc3ccc(Br)cc3c(=O)c2C1c1cccc([N+](=O)[O-])c1. The first kappa shape index (κ1) is 20.2. The lowest BCUT2D eigenvalue weighted by atomic mass is 9.98. The summed E-state index contributed by atoms with van der Waals surface area (Å²) in [6.07, 6.45) is 0. The molecule has 2 aromatic carbocycles. The van der Waals surface area contributed by atoms with Crippen molar-refractivity contribution in [3.63, 3.8) is 0 Å². The van der Waals surface area contributed by atoms with E-state index < -0.39 is 16.9 Å². The van der Waals surface area contributed by atoms with E-state index in [1.807, 2.05) is 19.0 Å². The van der Waals surface area contributed by atoms with Crippen molar-refractivity contribution >= 4 is 38.5 Å². The van der Waals surface area contributed by atoms with E-state index in [4.69, 9.17) is 4.42 Å². The van der Waals surface area contributed by atoms with E-state index in [9.17, 15) is 19.7 Å². The van der Waals surface area contributed by atoms with E-state index in [0.29, 0.717) is 34.1 Å². The number of carbonyl (C=O) groups is 1. The molecule has 154 valence electrons. The second-order valence-electron chi connectivity index (χ2n) is 7.37. The summed E-state index contributed by atoms with van der Waals surface area (Å²) in [4.78, 5) is 40.9. The summed E-state index contributed by atoms with van der Waals surface area (Å²) in [6, 6.07) is 10.3. The van der Waals surface area contributed by atoms with Gasteiger partial charge in [0.1, 0.15) is 5.58 Å². The van der Waals surface area contributed by atoms with Gasteiger partial charge in [-0.1, -0.05) is 28.1 Å². The number of carbonyl (C=O) groups excluding carboxylic acids is 1. The molecule has 0 bridgehead atoms. The zero-order valence-electron chi connectivity index (χ0n) is 16.3. The fraction of sp³-hybridized carbons (Fsp3) is 0.238. The highest BCUT2D eigenvalue weighted by molar-refractivity contribution is 9.10. The molecule has 30 heavy (non-hydrogen) atoms. The van der Waals surface area contributed by atoms with Crippen molar-refractivity contribution < 1.29 is 14.1 Å². The van der Waals surface area contributed by atoms with Crippen molar-refractivity contribution in [1.29, 1.82) is 0 Å². The highest BCUT2D eigenvalue weighted by Gasteiger charge is 2.42. The summed E-state index contributed by atoms with van der Waals surface area (Å²) in [6.45, 7) is 0.896. The summed E-state index contributed by atoms with van der Waals surface area (Å²) in [7, 11) is 3.76. The lowest BCUT2D eigenvalue weighted by Gasteiger charge is -2.26. The van der Waals surface area contributed by atoms with Crippen LogP contribution in [0.3, 0.4) is 0 Å². The quantitative estimate of drug-likeness (QED) is 0.416. The Labute approximate surface area is 180 Å². The third-order valence-corrected chi connectivity index (χ3v) is 5.61. The molecule has 1 aromatic heterocycles. The largest absolute Gasteiger partial charge is 0.450 e. The first-order chi connectivity index (χ1) is 14.3. The molecule has 0 saturated carbocycles. The van der Waals surface area contributed by atoms with Crippen molar-refractivity contribution in [2.24, 2.45) is 0 Å². The number of nitrogens with zero attached hydrogens (tertiary/aromatic N) is 3. The Bertz CT molecular complexity index is 1240. The van der Waals surface area contributed by atoms with Gasteiger partial charge in [-0.05, 0) is 37.9 Å². The fourth-order valence-corrected chi connectivity index (χ4v) is 4.05. The Hall–Kier alpha value is -3.04. The molecular weight excluding hydrogens is 454 g/mol. The minimum Gasteiger partial charge on any atom is -0.450 e. The maximum Gasteiger partial charge on any atom is 0.290 e. The van der Waals surface area contributed by atoms with Gasteiger partial charge in [0, 0.05) is 29.7 Å². The van der Waals surface area contributed by atoms with Crippen LogP contribution in [-0.2, 0) is 0 Å². The van der Waals surface area contributed by atoms with Gasteiger partial charge in [-0.25, -0.2) is 0 Å². The number of nitro groups is 1. The standard InChI is InChI=1S/C21H18BrN3O5/c1-23(2)8-9-24-18(12-4-3-5-14(10-12)25(28)29)17-19(26)15-11-13(22)6-7-16(15)30-20(17)21(24)27/h3-7,10-11,18H,8-9H2,1-2H3. The van der Waals surface area contributed by atoms with Crippen LogP contribution in [0.5, 0.6) is 0 Å². The molecule has 1 aliphatic heterocycles. The monoisotopic (exact) mass is 471 g/mol. The summed E-state index contributed by atoms with van der Waals surface area (Å²) < 4.78 is 6.57. The molecule has 1 atom stereocenters. The second-order valence-corrected chi connectivity index (χ2v) is 8.29. The number of rotatable bonds is 5. The second kappa shape index (κ2) is 7.66. The van der Waals surface area contributed by atoms with E-state index in [2.05, 4.69) is 15.9 Å². The van der Waals surface area contributed by atoms with Crippen molar-refractivity contribution in [2.45, 2.75) is 6.04 Å². The molecule has 0 fully saturated rings. The van der Waals surface area contributed by atoms with Gasteiger partial charge in [-0.3, -0.25) is 19.7 Å². The van der Waals surface area contributed by atoms with Crippen LogP contribution < -0.4 is 5.43 Å². The average Bonchev–Trinajstić information content (AvgIpc) is 2.99. The molecule has 0 aliphatic carbocycles. The van der Waals surface area contributed by atoms with Crippen molar-refractivity contribution in [3.8, 4) is 0 Å². The van der Waals surface area contributed by atoms with Crippen LogP contribution in [-0.4, -0.2) is 47.8 Å². The Morgan fingerprint density at radius 2 is 1.97 bits per heavy atom. The summed E-state index contributed by atoms with van der Waals surface area (Å²) >= 11 is 3.36. The molecule has 0 radical (unpaired) electrons. The third-order valence-electron chi connectivity index (χ3n) is 5.11. The minimum atomic E-state index is -0.757. The molecular formula is C21H18BrN3O5. The van der Waals surface area contributed by atoms with Crippen LogP contribution in [0.2, 0.25) is 0 Å². The predicted molar refractivity (Wildman–Crippen MR) is 115 cm³/mol. The Kier molecular flexibility index (Phi) is 5.17. The minimum absolute atomic E-state index is 0.00918. The smallest absolute Gasteiger partial charge is 0.290 e. The Morgan fingerprint density at radius 3 is 2.67 bits per heavy atom. The van der Waals surface area contributed by atoms with Crippen molar-refractivity contribution in [1.82, 2.24) is 9.80 Å². The van der Waals surface area contributed by atoms with Crippen LogP contribution in [0.25, 0.3) is 11.0 Å². The van der Waals surface area contributed by atoms with Crippen LogP contribution in [0, 0.1) is 10.1 Å². The van der Waals surface area contributed by atoms with Crippen LogP contribution in [0.1, 0.15) is 27.7 Å². The summed E-state index contributed by atoms with van der Waals surface area (Å²) in [5.41, 5.74) is 0.614. The average molecular weight is 472 g/mol. The van der Waals surface area contributed by atoms with Gasteiger partial charge in [0.2, 0.25) is 5.76 Å². The highest BCUT2D eigenvalue weighted by atomic mass is 79.9. The third kappa shape index (κ3) is 3.40. The van der Waals surface area contributed by atoms with E-state index in [1.165, 1.54) is 12.1 Å². The number of nitro benzene ring substituents is 1. The summed E-state index contributed by atoms with van der Waals surface area (Å²) in [5.74, 6) is -0.407. The van der Waals surface area contributed by atoms with Crippen LogP contribution in [0.15, 0.2) is 56.1 Å². The maximum absolute atomic E-state index is 13.4. The number of non-ortho nitro benzene ring substituents is 1. The van der Waals surface area contributed by atoms with Crippen LogP contribution in [0.4, 0.5) is 5.69 Å². The molecule has 1 amide bonds. The number of hydrogen-bond donors (Lipinski definition) is 0. The van der Waals surface area contributed by atoms with Gasteiger partial charge in [-0.15, -0.1) is 0 Å². The number of amides is 1. The fourth-order valence-electron chi connectivity index (χ4n) is 3.69. The number of benzene rings is 2. The van der Waals surface area contributed by atoms with Gasteiger partial charge in [0.15, 0.2) is 5.43 Å².